The van der Waals surface area contributed by atoms with Crippen LogP contribution in [0, 0.1) is 17.6 Å². The maximum absolute atomic E-state index is 13.9. The van der Waals surface area contributed by atoms with Crippen molar-refractivity contribution < 1.29 is 18.4 Å². The number of amides is 2. The molecule has 1 N–H and O–H groups in total. The van der Waals surface area contributed by atoms with Crippen molar-refractivity contribution in [2.45, 2.75) is 25.3 Å². The van der Waals surface area contributed by atoms with Crippen LogP contribution in [0.4, 0.5) is 14.5 Å². The van der Waals surface area contributed by atoms with E-state index in [9.17, 15) is 18.4 Å². The number of hydrogen-bond donors (Lipinski definition) is 1. The van der Waals surface area contributed by atoms with Crippen molar-refractivity contribution in [3.05, 3.63) is 29.8 Å². The summed E-state index contributed by atoms with van der Waals surface area (Å²) in [5.41, 5.74) is 0.0289. The number of nitrogens with zero attached hydrogens (tertiary/aromatic N) is 2. The average Bonchev–Trinajstić information content (AvgIpc) is 2.96. The zero-order valence-electron chi connectivity index (χ0n) is 14.0. The molecule has 2 aliphatic rings. The first-order valence-corrected chi connectivity index (χ1v) is 8.20. The van der Waals surface area contributed by atoms with Gasteiger partial charge in [0.15, 0.2) is 0 Å². The molecule has 1 aromatic carbocycles. The van der Waals surface area contributed by atoms with Crippen molar-refractivity contribution in [2.75, 3.05) is 31.6 Å². The van der Waals surface area contributed by atoms with Gasteiger partial charge < -0.3 is 15.1 Å². The minimum absolute atomic E-state index is 0. The van der Waals surface area contributed by atoms with Gasteiger partial charge >= 0.3 is 0 Å². The third-order valence-corrected chi connectivity index (χ3v) is 4.88. The Kier molecular flexibility index (Phi) is 6.35. The van der Waals surface area contributed by atoms with Gasteiger partial charge in [-0.15, -0.1) is 12.4 Å². The van der Waals surface area contributed by atoms with E-state index in [1.165, 1.54) is 11.0 Å². The molecular formula is C17H22ClF2N3O2. The van der Waals surface area contributed by atoms with Crippen molar-refractivity contribution in [2.24, 2.45) is 5.92 Å². The molecule has 2 aliphatic heterocycles. The van der Waals surface area contributed by atoms with E-state index in [4.69, 9.17) is 0 Å². The molecule has 2 fully saturated rings. The first-order chi connectivity index (χ1) is 11.5. The van der Waals surface area contributed by atoms with Gasteiger partial charge in [-0.2, -0.15) is 0 Å². The molecule has 2 heterocycles. The van der Waals surface area contributed by atoms with Crippen LogP contribution in [0.5, 0.6) is 0 Å². The zero-order chi connectivity index (χ0) is 17.3. The summed E-state index contributed by atoms with van der Waals surface area (Å²) < 4.78 is 27.0. The lowest BCUT2D eigenvalue weighted by Crippen LogP contribution is -2.46. The maximum atomic E-state index is 13.9. The van der Waals surface area contributed by atoms with E-state index in [2.05, 4.69) is 5.32 Å². The van der Waals surface area contributed by atoms with Gasteiger partial charge in [-0.1, -0.05) is 0 Å². The smallest absolute Gasteiger partial charge is 0.228 e. The van der Waals surface area contributed by atoms with E-state index < -0.39 is 17.6 Å². The number of rotatable bonds is 3. The fraction of sp³-hybridized carbons (Fsp3) is 0.529. The largest absolute Gasteiger partial charge is 0.342 e. The lowest BCUT2D eigenvalue weighted by atomic mass is 10.0. The van der Waals surface area contributed by atoms with Gasteiger partial charge in [-0.3, -0.25) is 9.59 Å². The van der Waals surface area contributed by atoms with Crippen molar-refractivity contribution >= 4 is 29.9 Å². The fourth-order valence-corrected chi connectivity index (χ4v) is 3.47. The number of hydrogen-bond acceptors (Lipinski definition) is 3. The highest BCUT2D eigenvalue weighted by atomic mass is 35.5. The van der Waals surface area contributed by atoms with E-state index in [0.717, 1.165) is 38.1 Å². The lowest BCUT2D eigenvalue weighted by Gasteiger charge is -2.33. The molecule has 138 valence electrons. The third-order valence-electron chi connectivity index (χ3n) is 4.88. The lowest BCUT2D eigenvalue weighted by molar-refractivity contribution is -0.137. The summed E-state index contributed by atoms with van der Waals surface area (Å²) in [4.78, 5) is 27.9. The van der Waals surface area contributed by atoms with Crippen LogP contribution in [0.2, 0.25) is 0 Å². The Labute approximate surface area is 151 Å². The Morgan fingerprint density at radius 1 is 1.28 bits per heavy atom. The summed E-state index contributed by atoms with van der Waals surface area (Å²) >= 11 is 0. The Bertz CT molecular complexity index is 653. The van der Waals surface area contributed by atoms with Crippen LogP contribution < -0.4 is 10.2 Å². The summed E-state index contributed by atoms with van der Waals surface area (Å²) in [6.45, 7) is 1.88. The average molecular weight is 374 g/mol. The van der Waals surface area contributed by atoms with Gasteiger partial charge in [0.2, 0.25) is 11.8 Å². The van der Waals surface area contributed by atoms with Crippen LogP contribution in [-0.2, 0) is 9.59 Å². The predicted molar refractivity (Wildman–Crippen MR) is 92.7 cm³/mol. The molecule has 0 aliphatic carbocycles. The molecular weight excluding hydrogens is 352 g/mol. The summed E-state index contributed by atoms with van der Waals surface area (Å²) in [5, 5.41) is 3.25. The Morgan fingerprint density at radius 2 is 1.96 bits per heavy atom. The molecule has 1 aromatic rings. The van der Waals surface area contributed by atoms with Crippen LogP contribution in [0.3, 0.4) is 0 Å². The number of halogens is 3. The number of anilines is 1. The summed E-state index contributed by atoms with van der Waals surface area (Å²) in [5.74, 6) is -2.36. The van der Waals surface area contributed by atoms with Gasteiger partial charge in [-0.05, 0) is 38.1 Å². The molecule has 25 heavy (non-hydrogen) atoms. The molecule has 3 rings (SSSR count). The summed E-state index contributed by atoms with van der Waals surface area (Å²) in [7, 11) is 1.77. The van der Waals surface area contributed by atoms with Gasteiger partial charge in [0.25, 0.3) is 0 Å². The van der Waals surface area contributed by atoms with Gasteiger partial charge in [0.1, 0.15) is 11.6 Å². The van der Waals surface area contributed by atoms with Crippen LogP contribution in [-0.4, -0.2) is 49.4 Å². The third kappa shape index (κ3) is 4.10. The highest BCUT2D eigenvalue weighted by Gasteiger charge is 2.38. The van der Waals surface area contributed by atoms with Gasteiger partial charge in [-0.25, -0.2) is 8.78 Å². The second-order valence-electron chi connectivity index (χ2n) is 6.43. The second-order valence-corrected chi connectivity index (χ2v) is 6.43. The number of nitrogens with one attached hydrogen (secondary N) is 1. The Hall–Kier alpha value is -1.73. The minimum Gasteiger partial charge on any atom is -0.342 e. The fourth-order valence-electron chi connectivity index (χ4n) is 3.47. The quantitative estimate of drug-likeness (QED) is 0.881. The molecule has 8 heteroatoms. The molecule has 0 bridgehead atoms. The van der Waals surface area contributed by atoms with Crippen molar-refractivity contribution in [3.63, 3.8) is 0 Å². The van der Waals surface area contributed by atoms with Gasteiger partial charge in [0, 0.05) is 32.1 Å². The summed E-state index contributed by atoms with van der Waals surface area (Å²) in [6, 6.07) is 3.28. The van der Waals surface area contributed by atoms with Crippen LogP contribution in [0.25, 0.3) is 0 Å². The second kappa shape index (κ2) is 8.10. The molecule has 0 saturated carbocycles. The predicted octanol–water partition coefficient (Wildman–Crippen LogP) is 1.95. The SMILES string of the molecule is CN(C(=O)C1CC(=O)N(c2ccc(F)cc2F)C1)C1CCNCC1.Cl. The van der Waals surface area contributed by atoms with E-state index in [-0.39, 0.29) is 48.9 Å². The highest BCUT2D eigenvalue weighted by molar-refractivity contribution is 6.00. The number of carbonyl (C=O) groups excluding carboxylic acids is 2. The monoisotopic (exact) mass is 373 g/mol. The number of piperidine rings is 1. The molecule has 0 spiro atoms. The molecule has 0 aromatic heterocycles. The van der Waals surface area contributed by atoms with Crippen molar-refractivity contribution in [1.82, 2.24) is 10.2 Å². The van der Waals surface area contributed by atoms with Crippen LogP contribution in [0.15, 0.2) is 18.2 Å². The zero-order valence-corrected chi connectivity index (χ0v) is 14.8. The molecule has 2 amide bonds. The minimum atomic E-state index is -0.789. The first kappa shape index (κ1) is 19.6. The van der Waals surface area contributed by atoms with E-state index >= 15 is 0 Å². The van der Waals surface area contributed by atoms with E-state index in [1.807, 2.05) is 0 Å². The molecule has 2 saturated heterocycles. The molecule has 0 radical (unpaired) electrons. The van der Waals surface area contributed by atoms with E-state index in [0.29, 0.717) is 0 Å². The van der Waals surface area contributed by atoms with E-state index in [1.54, 1.807) is 11.9 Å². The normalized spacial score (nSPS) is 21.2. The Morgan fingerprint density at radius 3 is 2.60 bits per heavy atom. The Balaban J connectivity index is 0.00000225. The molecule has 5 nitrogen and oxygen atoms in total. The number of carbonyl (C=O) groups is 2. The topological polar surface area (TPSA) is 52.7 Å². The van der Waals surface area contributed by atoms with Gasteiger partial charge in [0.05, 0.1) is 11.6 Å². The maximum Gasteiger partial charge on any atom is 0.228 e. The molecule has 1 atom stereocenters. The van der Waals surface area contributed by atoms with Crippen molar-refractivity contribution in [1.29, 1.82) is 0 Å². The standard InChI is InChI=1S/C17H21F2N3O2.ClH/c1-21(13-4-6-20-7-5-13)17(24)11-8-16(23)22(10-11)15-3-2-12(18)9-14(15)19;/h2-3,9,11,13,20H,4-8,10H2,1H3;1H. The van der Waals surface area contributed by atoms with Crippen LogP contribution in [0.1, 0.15) is 19.3 Å². The molecule has 1 unspecified atom stereocenters. The van der Waals surface area contributed by atoms with Crippen molar-refractivity contribution in [3.8, 4) is 0 Å². The highest BCUT2D eigenvalue weighted by Crippen LogP contribution is 2.29. The number of benzene rings is 1. The first-order valence-electron chi connectivity index (χ1n) is 8.20. The summed E-state index contributed by atoms with van der Waals surface area (Å²) in [6.07, 6.45) is 1.84. The van der Waals surface area contributed by atoms with Crippen LogP contribution >= 0.6 is 12.4 Å².